The molecule has 0 aromatic heterocycles. The van der Waals surface area contributed by atoms with Crippen LogP contribution >= 0.6 is 0 Å². The minimum atomic E-state index is -1.96. The van der Waals surface area contributed by atoms with Crippen LogP contribution in [0.1, 0.15) is 55.1 Å². The molecule has 0 radical (unpaired) electrons. The van der Waals surface area contributed by atoms with Crippen molar-refractivity contribution in [3.8, 4) is 23.0 Å². The van der Waals surface area contributed by atoms with Crippen molar-refractivity contribution in [1.82, 2.24) is 0 Å². The van der Waals surface area contributed by atoms with Gasteiger partial charge >= 0.3 is 11.9 Å². The van der Waals surface area contributed by atoms with Gasteiger partial charge in [-0.2, -0.15) is 0 Å². The van der Waals surface area contributed by atoms with Gasteiger partial charge in [0.25, 0.3) is 0 Å². The van der Waals surface area contributed by atoms with E-state index in [1.54, 1.807) is 12.1 Å². The number of hydrogen-bond donors (Lipinski definition) is 9. The van der Waals surface area contributed by atoms with E-state index in [-0.39, 0.29) is 29.2 Å². The number of carboxylic acid groups (broad SMARTS) is 1. The summed E-state index contributed by atoms with van der Waals surface area (Å²) in [5.41, 5.74) is -1.56. The van der Waals surface area contributed by atoms with E-state index in [4.69, 9.17) is 33.5 Å². The molecule has 3 aliphatic heterocycles. The van der Waals surface area contributed by atoms with Gasteiger partial charge in [0.05, 0.1) is 31.0 Å². The molecule has 0 unspecified atom stereocenters. The van der Waals surface area contributed by atoms with Crippen molar-refractivity contribution < 1.29 is 88.8 Å². The van der Waals surface area contributed by atoms with Crippen LogP contribution in [0.15, 0.2) is 36.4 Å². The molecule has 5 rings (SSSR count). The summed E-state index contributed by atoms with van der Waals surface area (Å²) in [6, 6.07) is 8.23. The maximum absolute atomic E-state index is 13.0. The Morgan fingerprint density at radius 1 is 0.902 bits per heavy atom. The number of phenols is 2. The zero-order valence-corrected chi connectivity index (χ0v) is 27.3. The van der Waals surface area contributed by atoms with Crippen LogP contribution in [0.25, 0.3) is 0 Å². The van der Waals surface area contributed by atoms with Crippen molar-refractivity contribution in [3.63, 3.8) is 0 Å². The maximum Gasteiger partial charge on any atom is 0.308 e. The van der Waals surface area contributed by atoms with Crippen molar-refractivity contribution in [2.24, 2.45) is 0 Å². The van der Waals surface area contributed by atoms with E-state index >= 15 is 0 Å². The Hall–Kier alpha value is -4.11. The Bertz CT molecular complexity index is 1580. The summed E-state index contributed by atoms with van der Waals surface area (Å²) < 4.78 is 34.1. The van der Waals surface area contributed by atoms with Gasteiger partial charge in [-0.05, 0) is 31.5 Å². The fourth-order valence-corrected chi connectivity index (χ4v) is 5.98. The zero-order chi connectivity index (χ0) is 37.4. The number of phenolic OH excluding ortho intramolecular Hbond substituents is 2. The highest BCUT2D eigenvalue weighted by atomic mass is 16.8. The van der Waals surface area contributed by atoms with Crippen molar-refractivity contribution in [1.29, 1.82) is 0 Å². The number of aliphatic hydroxyl groups excluding tert-OH is 5. The number of ketones is 1. The Balaban J connectivity index is 1.39. The fraction of sp³-hybridized carbons (Fsp3) is 0.545. The summed E-state index contributed by atoms with van der Waals surface area (Å²) in [6.45, 7) is 1.76. The normalized spacial score (nSPS) is 33.3. The van der Waals surface area contributed by atoms with Gasteiger partial charge in [-0.15, -0.1) is 0 Å². The predicted molar refractivity (Wildman–Crippen MR) is 166 cm³/mol. The molecule has 51 heavy (non-hydrogen) atoms. The Morgan fingerprint density at radius 2 is 1.59 bits per heavy atom. The molecular weight excluding hydrogens is 684 g/mol. The number of hydrogen-bond acceptors (Lipinski definition) is 17. The second-order valence-corrected chi connectivity index (χ2v) is 13.0. The first-order valence-corrected chi connectivity index (χ1v) is 15.9. The van der Waals surface area contributed by atoms with Gasteiger partial charge in [0, 0.05) is 12.1 Å². The first kappa shape index (κ1) is 38.1. The van der Waals surface area contributed by atoms with Gasteiger partial charge in [0.1, 0.15) is 77.9 Å². The molecule has 280 valence electrons. The number of benzene rings is 2. The Morgan fingerprint density at radius 3 is 2.25 bits per heavy atom. The third-order valence-electron chi connectivity index (χ3n) is 8.70. The molecule has 0 bridgehead atoms. The summed E-state index contributed by atoms with van der Waals surface area (Å²) in [7, 11) is 0. The van der Waals surface area contributed by atoms with Crippen LogP contribution in [0.4, 0.5) is 0 Å². The van der Waals surface area contributed by atoms with Crippen molar-refractivity contribution in [3.05, 3.63) is 47.5 Å². The van der Waals surface area contributed by atoms with Crippen LogP contribution < -0.4 is 9.47 Å². The lowest BCUT2D eigenvalue weighted by Gasteiger charge is -2.45. The molecule has 0 aliphatic carbocycles. The molecule has 0 spiro atoms. The lowest BCUT2D eigenvalue weighted by Crippen LogP contribution is -2.64. The zero-order valence-electron chi connectivity index (χ0n) is 27.3. The largest absolute Gasteiger partial charge is 0.508 e. The highest BCUT2D eigenvalue weighted by molar-refractivity contribution is 6.02. The van der Waals surface area contributed by atoms with Gasteiger partial charge in [0.2, 0.25) is 6.29 Å². The number of esters is 1. The fourth-order valence-electron chi connectivity index (χ4n) is 5.98. The summed E-state index contributed by atoms with van der Waals surface area (Å²) in [4.78, 5) is 36.5. The topological polar surface area (TPSA) is 289 Å². The minimum Gasteiger partial charge on any atom is -0.508 e. The van der Waals surface area contributed by atoms with Crippen molar-refractivity contribution in [2.45, 2.75) is 106 Å². The van der Waals surface area contributed by atoms with Gasteiger partial charge in [0.15, 0.2) is 18.2 Å². The van der Waals surface area contributed by atoms with Crippen LogP contribution in [0.2, 0.25) is 0 Å². The quantitative estimate of drug-likeness (QED) is 0.126. The molecule has 18 nitrogen and oxygen atoms in total. The van der Waals surface area contributed by atoms with Crippen LogP contribution in [-0.4, -0.2) is 137 Å². The standard InChI is InChI=1S/C33H40O18/c1-13-25(40)27(42)29(44)31(47-13)51-30-28(43)26(41)21(12-46-23(39)11-33(2,45)10-22(37)38)50-32(30)48-16-7-17(35)24-18(36)9-19(49-20(24)8-16)14-3-5-15(34)6-4-14/h3-8,13,19,21,25-32,34-35,40-45H,9-12H2,1-2H3,(H,37,38)/t13-,19-,21+,25-,26+,27+,28-,29+,30+,31-,32+,33-/m0/s1. The maximum atomic E-state index is 13.0. The van der Waals surface area contributed by atoms with E-state index in [9.17, 15) is 55.2 Å². The molecule has 18 heteroatoms. The van der Waals surface area contributed by atoms with E-state index in [1.165, 1.54) is 25.1 Å². The van der Waals surface area contributed by atoms with Crippen LogP contribution in [0, 0.1) is 0 Å². The lowest BCUT2D eigenvalue weighted by molar-refractivity contribution is -0.354. The van der Waals surface area contributed by atoms with E-state index < -0.39 is 116 Å². The van der Waals surface area contributed by atoms with Crippen LogP contribution in [0.3, 0.4) is 0 Å². The van der Waals surface area contributed by atoms with E-state index in [2.05, 4.69) is 0 Å². The van der Waals surface area contributed by atoms with Crippen LogP contribution in [-0.2, 0) is 28.5 Å². The van der Waals surface area contributed by atoms with E-state index in [0.717, 1.165) is 13.0 Å². The summed E-state index contributed by atoms with van der Waals surface area (Å²) in [5.74, 6) is -3.74. The number of ether oxygens (including phenoxy) is 6. The van der Waals surface area contributed by atoms with Crippen LogP contribution in [0.5, 0.6) is 23.0 Å². The summed E-state index contributed by atoms with van der Waals surface area (Å²) in [5, 5.41) is 92.7. The molecule has 2 aromatic carbocycles. The molecule has 2 saturated heterocycles. The second-order valence-electron chi connectivity index (χ2n) is 13.0. The lowest BCUT2D eigenvalue weighted by atomic mass is 9.95. The highest BCUT2D eigenvalue weighted by Crippen LogP contribution is 2.43. The molecular formula is C33H40O18. The average Bonchev–Trinajstić information content (AvgIpc) is 3.04. The third kappa shape index (κ3) is 8.68. The molecule has 0 saturated carbocycles. The summed E-state index contributed by atoms with van der Waals surface area (Å²) >= 11 is 0. The average molecular weight is 725 g/mol. The summed E-state index contributed by atoms with van der Waals surface area (Å²) in [6.07, 6.45) is -19.1. The van der Waals surface area contributed by atoms with Gasteiger partial charge in [-0.25, -0.2) is 0 Å². The van der Waals surface area contributed by atoms with Gasteiger partial charge in [-0.1, -0.05) is 12.1 Å². The molecule has 12 atom stereocenters. The number of carboxylic acids is 1. The van der Waals surface area contributed by atoms with E-state index in [0.29, 0.717) is 5.56 Å². The monoisotopic (exact) mass is 724 g/mol. The predicted octanol–water partition coefficient (Wildman–Crippen LogP) is -0.998. The first-order chi connectivity index (χ1) is 23.9. The third-order valence-corrected chi connectivity index (χ3v) is 8.70. The van der Waals surface area contributed by atoms with Gasteiger partial charge < -0.3 is 74.4 Å². The molecule has 3 heterocycles. The Kier molecular flexibility index (Phi) is 11.4. The number of carbonyl (C=O) groups excluding carboxylic acids is 2. The SMILES string of the molecule is C[C@@H]1O[C@@H](O[C@H]2[C@H](Oc3cc(O)c4c(c3)O[C@H](c3ccc(O)cc3)CC4=O)O[C@H](COC(=O)C[C@@](C)(O)CC(=O)O)[C@@H](O)[C@@H]2O)[C@H](O)[C@H](O)[C@H]1O. The number of carbonyl (C=O) groups is 3. The van der Waals surface area contributed by atoms with E-state index in [1.807, 2.05) is 0 Å². The number of fused-ring (bicyclic) bond motifs is 1. The number of rotatable bonds is 11. The number of aliphatic carboxylic acids is 1. The van der Waals surface area contributed by atoms with Crippen molar-refractivity contribution >= 4 is 17.7 Å². The number of Topliss-reactive ketones (excluding diaryl/α,β-unsaturated/α-hetero) is 1. The molecule has 2 fully saturated rings. The Labute approximate surface area is 289 Å². The molecule has 0 amide bonds. The molecule has 3 aliphatic rings. The van der Waals surface area contributed by atoms with Crippen molar-refractivity contribution in [2.75, 3.05) is 6.61 Å². The number of aromatic hydroxyl groups is 2. The smallest absolute Gasteiger partial charge is 0.308 e. The first-order valence-electron chi connectivity index (χ1n) is 15.9. The van der Waals surface area contributed by atoms with Gasteiger partial charge in [-0.3, -0.25) is 14.4 Å². The number of aliphatic hydroxyl groups is 6. The highest BCUT2D eigenvalue weighted by Gasteiger charge is 2.51. The molecule has 9 N–H and O–H groups in total. The molecule has 2 aromatic rings. The second kappa shape index (κ2) is 15.2. The minimum absolute atomic E-state index is 0.00408.